The Hall–Kier alpha value is -3.01. The van der Waals surface area contributed by atoms with Crippen LogP contribution in [0.2, 0.25) is 0 Å². The van der Waals surface area contributed by atoms with Crippen molar-refractivity contribution in [1.29, 1.82) is 0 Å². The second-order valence-electron chi connectivity index (χ2n) is 6.98. The van der Waals surface area contributed by atoms with Crippen LogP contribution in [-0.4, -0.2) is 29.0 Å². The summed E-state index contributed by atoms with van der Waals surface area (Å²) in [4.78, 5) is 17.8. The number of aromatic amines is 1. The molecular formula is C22H23N3O. The van der Waals surface area contributed by atoms with E-state index in [2.05, 4.69) is 46.8 Å². The van der Waals surface area contributed by atoms with Gasteiger partial charge in [-0.05, 0) is 55.2 Å². The lowest BCUT2D eigenvalue weighted by Crippen LogP contribution is -2.37. The minimum Gasteiger partial charge on any atom is -0.361 e. The molecule has 0 aliphatic carbocycles. The molecule has 2 N–H and O–H groups in total. The van der Waals surface area contributed by atoms with Crippen molar-refractivity contribution >= 4 is 28.2 Å². The number of aromatic nitrogens is 1. The van der Waals surface area contributed by atoms with E-state index in [1.807, 2.05) is 36.9 Å². The number of fused-ring (bicyclic) bond motifs is 1. The zero-order valence-corrected chi connectivity index (χ0v) is 15.2. The van der Waals surface area contributed by atoms with Gasteiger partial charge in [-0.25, -0.2) is 4.79 Å². The first-order valence-electron chi connectivity index (χ1n) is 9.00. The second-order valence-corrected chi connectivity index (χ2v) is 6.98. The van der Waals surface area contributed by atoms with Gasteiger partial charge in [0.1, 0.15) is 0 Å². The van der Waals surface area contributed by atoms with E-state index in [9.17, 15) is 4.79 Å². The molecule has 0 spiro atoms. The molecule has 0 saturated heterocycles. The van der Waals surface area contributed by atoms with Crippen molar-refractivity contribution in [1.82, 2.24) is 9.88 Å². The third kappa shape index (κ3) is 3.23. The Morgan fingerprint density at radius 2 is 1.88 bits per heavy atom. The van der Waals surface area contributed by atoms with Gasteiger partial charge in [0.15, 0.2) is 0 Å². The fraction of sp³-hybridized carbons (Fsp3) is 0.227. The topological polar surface area (TPSA) is 48.1 Å². The molecule has 0 saturated carbocycles. The van der Waals surface area contributed by atoms with Gasteiger partial charge in [0.2, 0.25) is 0 Å². The summed E-state index contributed by atoms with van der Waals surface area (Å²) in [6.07, 6.45) is 5.10. The van der Waals surface area contributed by atoms with Crippen molar-refractivity contribution in [3.05, 3.63) is 71.4 Å². The van der Waals surface area contributed by atoms with Crippen molar-refractivity contribution < 1.29 is 4.79 Å². The number of nitrogens with one attached hydrogen (secondary N) is 2. The first-order valence-corrected chi connectivity index (χ1v) is 9.00. The molecule has 1 aliphatic rings. The number of anilines is 1. The second kappa shape index (κ2) is 6.71. The summed E-state index contributed by atoms with van der Waals surface area (Å²) in [5.41, 5.74) is 6.87. The molecule has 0 atom stereocenters. The highest BCUT2D eigenvalue weighted by Gasteiger charge is 2.19. The molecule has 4 heteroatoms. The van der Waals surface area contributed by atoms with Crippen LogP contribution in [0, 0.1) is 13.8 Å². The molecule has 4 nitrogen and oxygen atoms in total. The SMILES string of the molecule is Cc1cc(C)cc(NC(=O)N2CC=C(c3c[nH]c4ccccc34)CC2)c1. The molecule has 2 amide bonds. The number of rotatable bonds is 2. The van der Waals surface area contributed by atoms with Gasteiger partial charge in [0.05, 0.1) is 0 Å². The summed E-state index contributed by atoms with van der Waals surface area (Å²) in [6, 6.07) is 14.4. The average molecular weight is 345 g/mol. The predicted octanol–water partition coefficient (Wildman–Crippen LogP) is 5.11. The number of nitrogens with zero attached hydrogens (tertiary/aromatic N) is 1. The minimum absolute atomic E-state index is 0.0378. The van der Waals surface area contributed by atoms with Crippen LogP contribution < -0.4 is 5.32 Å². The number of carbonyl (C=O) groups is 1. The number of para-hydroxylation sites is 1. The van der Waals surface area contributed by atoms with Crippen LogP contribution in [0.1, 0.15) is 23.1 Å². The fourth-order valence-electron chi connectivity index (χ4n) is 3.68. The van der Waals surface area contributed by atoms with E-state index < -0.39 is 0 Å². The number of benzene rings is 2. The highest BCUT2D eigenvalue weighted by molar-refractivity contribution is 5.94. The van der Waals surface area contributed by atoms with Crippen LogP contribution in [0.5, 0.6) is 0 Å². The normalized spacial score (nSPS) is 14.4. The summed E-state index contributed by atoms with van der Waals surface area (Å²) < 4.78 is 0. The quantitative estimate of drug-likeness (QED) is 0.666. The molecule has 0 unspecified atom stereocenters. The van der Waals surface area contributed by atoms with Crippen molar-refractivity contribution in [2.24, 2.45) is 0 Å². The largest absolute Gasteiger partial charge is 0.361 e. The van der Waals surface area contributed by atoms with Gasteiger partial charge in [-0.3, -0.25) is 0 Å². The van der Waals surface area contributed by atoms with E-state index in [1.54, 1.807) is 0 Å². The predicted molar refractivity (Wildman–Crippen MR) is 107 cm³/mol. The highest BCUT2D eigenvalue weighted by atomic mass is 16.2. The Balaban J connectivity index is 1.47. The fourth-order valence-corrected chi connectivity index (χ4v) is 3.68. The first kappa shape index (κ1) is 16.5. The lowest BCUT2D eigenvalue weighted by molar-refractivity contribution is 0.217. The monoisotopic (exact) mass is 345 g/mol. The molecule has 0 fully saturated rings. The Morgan fingerprint density at radius 3 is 2.62 bits per heavy atom. The smallest absolute Gasteiger partial charge is 0.322 e. The summed E-state index contributed by atoms with van der Waals surface area (Å²) >= 11 is 0. The van der Waals surface area contributed by atoms with Gasteiger partial charge in [-0.2, -0.15) is 0 Å². The van der Waals surface area contributed by atoms with Crippen molar-refractivity contribution in [3.8, 4) is 0 Å². The molecule has 0 bridgehead atoms. The lowest BCUT2D eigenvalue weighted by atomic mass is 9.99. The van der Waals surface area contributed by atoms with Crippen LogP contribution in [0.25, 0.3) is 16.5 Å². The molecule has 1 aliphatic heterocycles. The number of hydrogen-bond acceptors (Lipinski definition) is 1. The summed E-state index contributed by atoms with van der Waals surface area (Å²) in [6.45, 7) is 5.44. The number of H-pyrrole nitrogens is 1. The lowest BCUT2D eigenvalue weighted by Gasteiger charge is -2.27. The molecular weight excluding hydrogens is 322 g/mol. The summed E-state index contributed by atoms with van der Waals surface area (Å²) in [5.74, 6) is 0. The third-order valence-electron chi connectivity index (χ3n) is 4.90. The van der Waals surface area contributed by atoms with E-state index in [4.69, 9.17) is 0 Å². The van der Waals surface area contributed by atoms with Gasteiger partial charge in [0.25, 0.3) is 0 Å². The van der Waals surface area contributed by atoms with Crippen molar-refractivity contribution in [2.45, 2.75) is 20.3 Å². The van der Waals surface area contributed by atoms with E-state index in [1.165, 1.54) is 16.5 Å². The van der Waals surface area contributed by atoms with Crippen LogP contribution in [0.4, 0.5) is 10.5 Å². The van der Waals surface area contributed by atoms with E-state index in [0.717, 1.165) is 35.3 Å². The van der Waals surface area contributed by atoms with Gasteiger partial charge in [0, 0.05) is 41.4 Å². The molecule has 2 aromatic carbocycles. The third-order valence-corrected chi connectivity index (χ3v) is 4.90. The van der Waals surface area contributed by atoms with Crippen LogP contribution in [0.15, 0.2) is 54.7 Å². The number of aryl methyl sites for hydroxylation is 2. The maximum atomic E-state index is 12.6. The number of carbonyl (C=O) groups excluding carboxylic acids is 1. The molecule has 4 rings (SSSR count). The molecule has 1 aromatic heterocycles. The van der Waals surface area contributed by atoms with Gasteiger partial charge < -0.3 is 15.2 Å². The van der Waals surface area contributed by atoms with Crippen LogP contribution >= 0.6 is 0 Å². The van der Waals surface area contributed by atoms with Gasteiger partial charge in [-0.15, -0.1) is 0 Å². The number of urea groups is 1. The standard InChI is InChI=1S/C22H23N3O/c1-15-11-16(2)13-18(12-15)24-22(26)25-9-7-17(8-10-25)20-14-23-21-6-4-3-5-19(20)21/h3-7,11-14,23H,8-10H2,1-2H3,(H,24,26). The average Bonchev–Trinajstić information content (AvgIpc) is 3.05. The summed E-state index contributed by atoms with van der Waals surface area (Å²) in [5, 5.41) is 4.27. The van der Waals surface area contributed by atoms with Crippen molar-refractivity contribution in [3.63, 3.8) is 0 Å². The highest BCUT2D eigenvalue weighted by Crippen LogP contribution is 2.29. The molecule has 0 radical (unpaired) electrons. The Kier molecular flexibility index (Phi) is 4.25. The zero-order valence-electron chi connectivity index (χ0n) is 15.2. The summed E-state index contributed by atoms with van der Waals surface area (Å²) in [7, 11) is 0. The Bertz CT molecular complexity index is 979. The maximum absolute atomic E-state index is 12.6. The Labute approximate surface area is 153 Å². The van der Waals surface area contributed by atoms with E-state index in [-0.39, 0.29) is 6.03 Å². The van der Waals surface area contributed by atoms with Crippen LogP contribution in [0.3, 0.4) is 0 Å². The Morgan fingerprint density at radius 1 is 1.12 bits per heavy atom. The van der Waals surface area contributed by atoms with Gasteiger partial charge >= 0.3 is 6.03 Å². The number of amides is 2. The molecule has 3 aromatic rings. The number of hydrogen-bond donors (Lipinski definition) is 2. The molecule has 132 valence electrons. The van der Waals surface area contributed by atoms with Gasteiger partial charge in [-0.1, -0.05) is 30.3 Å². The van der Waals surface area contributed by atoms with E-state index in [0.29, 0.717) is 6.54 Å². The van der Waals surface area contributed by atoms with Crippen molar-refractivity contribution in [2.75, 3.05) is 18.4 Å². The zero-order chi connectivity index (χ0) is 18.1. The first-order chi connectivity index (χ1) is 12.6. The molecule has 2 heterocycles. The minimum atomic E-state index is -0.0378. The van der Waals surface area contributed by atoms with Crippen LogP contribution in [-0.2, 0) is 0 Å². The molecule has 26 heavy (non-hydrogen) atoms. The maximum Gasteiger partial charge on any atom is 0.322 e. The van der Waals surface area contributed by atoms with E-state index >= 15 is 0 Å².